The molecule has 0 radical (unpaired) electrons. The van der Waals surface area contributed by atoms with E-state index in [-0.39, 0.29) is 12.5 Å². The number of anilines is 1. The zero-order valence-corrected chi connectivity index (χ0v) is 16.4. The van der Waals surface area contributed by atoms with E-state index < -0.39 is 0 Å². The van der Waals surface area contributed by atoms with Gasteiger partial charge in [-0.3, -0.25) is 9.48 Å². The first-order valence-corrected chi connectivity index (χ1v) is 8.93. The first-order chi connectivity index (χ1) is 12.3. The van der Waals surface area contributed by atoms with E-state index in [2.05, 4.69) is 15.5 Å². The lowest BCUT2D eigenvalue weighted by molar-refractivity contribution is -0.117. The molecule has 1 N–H and O–H groups in total. The first-order valence-electron chi connectivity index (χ1n) is 7.80. The molecule has 1 aromatic carbocycles. The third kappa shape index (κ3) is 4.03. The van der Waals surface area contributed by atoms with Gasteiger partial charge in [0.15, 0.2) is 0 Å². The second kappa shape index (κ2) is 7.70. The van der Waals surface area contributed by atoms with Crippen LogP contribution in [0, 0.1) is 13.8 Å². The minimum atomic E-state index is -0.226. The number of carbonyl (C=O) groups excluding carboxylic acids is 1. The molecule has 9 heteroatoms. The predicted molar refractivity (Wildman–Crippen MR) is 103 cm³/mol. The molecule has 0 spiro atoms. The zero-order chi connectivity index (χ0) is 18.8. The van der Waals surface area contributed by atoms with Crippen molar-refractivity contribution in [1.82, 2.24) is 19.6 Å². The van der Waals surface area contributed by atoms with E-state index >= 15 is 0 Å². The van der Waals surface area contributed by atoms with Crippen LogP contribution < -0.4 is 5.32 Å². The van der Waals surface area contributed by atoms with Crippen molar-refractivity contribution in [2.45, 2.75) is 26.9 Å². The van der Waals surface area contributed by atoms with Crippen molar-refractivity contribution >= 4 is 46.5 Å². The van der Waals surface area contributed by atoms with E-state index in [1.807, 2.05) is 13.0 Å². The number of halogens is 3. The van der Waals surface area contributed by atoms with Crippen molar-refractivity contribution in [1.29, 1.82) is 0 Å². The van der Waals surface area contributed by atoms with Gasteiger partial charge in [0, 0.05) is 16.1 Å². The molecule has 3 rings (SSSR count). The van der Waals surface area contributed by atoms with E-state index in [1.165, 1.54) is 0 Å². The van der Waals surface area contributed by atoms with Crippen molar-refractivity contribution in [3.8, 4) is 0 Å². The Balaban J connectivity index is 1.72. The molecule has 2 aromatic heterocycles. The summed E-state index contributed by atoms with van der Waals surface area (Å²) in [4.78, 5) is 12.4. The second-order valence-corrected chi connectivity index (χ2v) is 7.02. The predicted octanol–water partition coefficient (Wildman–Crippen LogP) is 4.34. The lowest BCUT2D eigenvalue weighted by atomic mass is 10.2. The van der Waals surface area contributed by atoms with Gasteiger partial charge in [-0.15, -0.1) is 0 Å². The average molecular weight is 413 g/mol. The van der Waals surface area contributed by atoms with E-state index in [1.54, 1.807) is 40.7 Å². The highest BCUT2D eigenvalue weighted by atomic mass is 35.5. The van der Waals surface area contributed by atoms with Gasteiger partial charge < -0.3 is 5.32 Å². The number of rotatable bonds is 5. The summed E-state index contributed by atoms with van der Waals surface area (Å²) in [5, 5.41) is 13.0. The van der Waals surface area contributed by atoms with Gasteiger partial charge in [0.05, 0.1) is 29.2 Å². The number of amides is 1. The highest BCUT2D eigenvalue weighted by Crippen LogP contribution is 2.23. The molecule has 0 saturated heterocycles. The molecule has 0 saturated carbocycles. The van der Waals surface area contributed by atoms with Gasteiger partial charge in [0.2, 0.25) is 5.91 Å². The quantitative estimate of drug-likeness (QED) is 0.678. The maximum atomic E-state index is 12.4. The highest BCUT2D eigenvalue weighted by Gasteiger charge is 2.14. The number of aromatic nitrogens is 4. The van der Waals surface area contributed by atoms with Crippen LogP contribution in [0.15, 0.2) is 30.5 Å². The van der Waals surface area contributed by atoms with E-state index in [0.29, 0.717) is 33.1 Å². The Hall–Kier alpha value is -2.02. The summed E-state index contributed by atoms with van der Waals surface area (Å²) in [7, 11) is 0. The summed E-state index contributed by atoms with van der Waals surface area (Å²) < 4.78 is 3.23. The Morgan fingerprint density at radius 3 is 2.58 bits per heavy atom. The Bertz CT molecular complexity index is 963. The maximum Gasteiger partial charge on any atom is 0.247 e. The molecule has 1 amide bonds. The number of hydrogen-bond donors (Lipinski definition) is 1. The Morgan fingerprint density at radius 1 is 1.15 bits per heavy atom. The summed E-state index contributed by atoms with van der Waals surface area (Å²) >= 11 is 18.2. The van der Waals surface area contributed by atoms with Gasteiger partial charge in [-0.2, -0.15) is 10.2 Å². The first kappa shape index (κ1) is 18.8. The minimum Gasteiger partial charge on any atom is -0.309 e. The van der Waals surface area contributed by atoms with Crippen LogP contribution in [0.1, 0.15) is 17.0 Å². The Morgan fingerprint density at radius 2 is 1.92 bits per heavy atom. The molecule has 0 bridgehead atoms. The van der Waals surface area contributed by atoms with Crippen LogP contribution in [0.3, 0.4) is 0 Å². The lowest BCUT2D eigenvalue weighted by Gasteiger charge is -2.11. The third-order valence-corrected chi connectivity index (χ3v) is 5.04. The summed E-state index contributed by atoms with van der Waals surface area (Å²) in [5.74, 6) is 0.338. The van der Waals surface area contributed by atoms with Crippen LogP contribution in [0.4, 0.5) is 5.82 Å². The summed E-state index contributed by atoms with van der Waals surface area (Å²) in [5.41, 5.74) is 2.29. The molecule has 3 aromatic rings. The molecule has 26 heavy (non-hydrogen) atoms. The fraction of sp³-hybridized carbons (Fsp3) is 0.235. The van der Waals surface area contributed by atoms with Gasteiger partial charge in [0.1, 0.15) is 12.4 Å². The molecule has 2 heterocycles. The highest BCUT2D eigenvalue weighted by molar-refractivity contribution is 6.35. The van der Waals surface area contributed by atoms with Crippen molar-refractivity contribution in [2.24, 2.45) is 0 Å². The molecular weight excluding hydrogens is 397 g/mol. The van der Waals surface area contributed by atoms with Crippen LogP contribution in [0.2, 0.25) is 15.1 Å². The summed E-state index contributed by atoms with van der Waals surface area (Å²) in [6, 6.07) is 6.98. The van der Waals surface area contributed by atoms with E-state index in [9.17, 15) is 4.79 Å². The molecule has 6 nitrogen and oxygen atoms in total. The molecule has 0 aliphatic carbocycles. The number of aryl methyl sites for hydroxylation is 1. The zero-order valence-electron chi connectivity index (χ0n) is 14.1. The van der Waals surface area contributed by atoms with Crippen LogP contribution in [0.5, 0.6) is 0 Å². The largest absolute Gasteiger partial charge is 0.309 e. The van der Waals surface area contributed by atoms with Crippen LogP contribution in [-0.2, 0) is 17.9 Å². The summed E-state index contributed by atoms with van der Waals surface area (Å²) in [6.07, 6.45) is 1.61. The number of nitrogens with one attached hydrogen (secondary N) is 1. The molecule has 0 atom stereocenters. The topological polar surface area (TPSA) is 64.7 Å². The molecule has 0 unspecified atom stereocenters. The average Bonchev–Trinajstić information content (AvgIpc) is 3.10. The second-order valence-electron chi connectivity index (χ2n) is 5.80. The molecular formula is C17H16Cl3N5O. The lowest BCUT2D eigenvalue weighted by Crippen LogP contribution is -2.22. The van der Waals surface area contributed by atoms with Crippen molar-refractivity contribution in [2.75, 3.05) is 5.32 Å². The normalized spacial score (nSPS) is 11.0. The third-order valence-electron chi connectivity index (χ3n) is 3.91. The van der Waals surface area contributed by atoms with Crippen molar-refractivity contribution in [3.63, 3.8) is 0 Å². The monoisotopic (exact) mass is 411 g/mol. The van der Waals surface area contributed by atoms with Crippen LogP contribution in [0.25, 0.3) is 0 Å². The van der Waals surface area contributed by atoms with Crippen LogP contribution in [-0.4, -0.2) is 25.5 Å². The van der Waals surface area contributed by atoms with Gasteiger partial charge in [-0.05, 0) is 31.5 Å². The minimum absolute atomic E-state index is 0.0618. The van der Waals surface area contributed by atoms with E-state index in [0.717, 1.165) is 11.3 Å². The Labute approximate surface area is 165 Å². The number of benzene rings is 1. The number of hydrogen-bond acceptors (Lipinski definition) is 3. The van der Waals surface area contributed by atoms with Crippen LogP contribution >= 0.6 is 34.8 Å². The summed E-state index contributed by atoms with van der Waals surface area (Å²) in [6.45, 7) is 4.09. The fourth-order valence-electron chi connectivity index (χ4n) is 2.52. The van der Waals surface area contributed by atoms with Gasteiger partial charge in [-0.1, -0.05) is 40.9 Å². The smallest absolute Gasteiger partial charge is 0.247 e. The number of carbonyl (C=O) groups is 1. The van der Waals surface area contributed by atoms with Gasteiger partial charge in [0.25, 0.3) is 0 Å². The molecule has 0 fully saturated rings. The van der Waals surface area contributed by atoms with Crippen molar-refractivity contribution < 1.29 is 4.79 Å². The Kier molecular flexibility index (Phi) is 5.55. The standard InChI is InChI=1S/C17H16Cl3N5O/c1-10-17(20)11(2)24(23-10)9-16(26)22-15-5-6-21-25(15)8-12-3-4-13(18)7-14(12)19/h3-7H,8-9H2,1-2H3,(H,22,26). The van der Waals surface area contributed by atoms with Crippen molar-refractivity contribution in [3.05, 3.63) is 62.5 Å². The SMILES string of the molecule is Cc1nn(CC(=O)Nc2ccnn2Cc2ccc(Cl)cc2Cl)c(C)c1Cl. The van der Waals surface area contributed by atoms with Gasteiger partial charge >= 0.3 is 0 Å². The van der Waals surface area contributed by atoms with E-state index in [4.69, 9.17) is 34.8 Å². The van der Waals surface area contributed by atoms with Gasteiger partial charge in [-0.25, -0.2) is 4.68 Å². The molecule has 0 aliphatic rings. The maximum absolute atomic E-state index is 12.4. The number of nitrogens with zero attached hydrogens (tertiary/aromatic N) is 4. The fourth-order valence-corrected chi connectivity index (χ4v) is 3.13. The molecule has 136 valence electrons. The molecule has 0 aliphatic heterocycles.